The molecule has 0 saturated carbocycles. The molecule has 0 aliphatic carbocycles. The van der Waals surface area contributed by atoms with Gasteiger partial charge in [-0.05, 0) is 18.8 Å². The van der Waals surface area contributed by atoms with Crippen LogP contribution in [0.5, 0.6) is 5.88 Å². The van der Waals surface area contributed by atoms with E-state index in [1.54, 1.807) is 10.9 Å². The van der Waals surface area contributed by atoms with E-state index in [2.05, 4.69) is 5.10 Å². The lowest BCUT2D eigenvalue weighted by Gasteiger charge is -2.08. The van der Waals surface area contributed by atoms with E-state index >= 15 is 0 Å². The Hall–Kier alpha value is -1.03. The average molecular weight is 198 g/mol. The van der Waals surface area contributed by atoms with Crippen LogP contribution in [0.25, 0.3) is 0 Å². The SMILES string of the molecule is CC(CO)CCCOc1ccnn1C. The van der Waals surface area contributed by atoms with E-state index in [4.69, 9.17) is 9.84 Å². The van der Waals surface area contributed by atoms with Crippen molar-refractivity contribution in [1.29, 1.82) is 0 Å². The van der Waals surface area contributed by atoms with Gasteiger partial charge in [-0.1, -0.05) is 6.92 Å². The zero-order valence-corrected chi connectivity index (χ0v) is 8.81. The number of hydrogen-bond donors (Lipinski definition) is 1. The number of aliphatic hydroxyl groups is 1. The Bertz CT molecular complexity index is 260. The summed E-state index contributed by atoms with van der Waals surface area (Å²) in [4.78, 5) is 0. The zero-order chi connectivity index (χ0) is 10.4. The van der Waals surface area contributed by atoms with Gasteiger partial charge in [0.1, 0.15) is 0 Å². The van der Waals surface area contributed by atoms with Crippen LogP contribution in [-0.4, -0.2) is 28.1 Å². The lowest BCUT2D eigenvalue weighted by molar-refractivity contribution is 0.213. The quantitative estimate of drug-likeness (QED) is 0.699. The molecule has 1 N–H and O–H groups in total. The highest BCUT2D eigenvalue weighted by atomic mass is 16.5. The van der Waals surface area contributed by atoms with Gasteiger partial charge in [-0.25, -0.2) is 4.68 Å². The van der Waals surface area contributed by atoms with Gasteiger partial charge < -0.3 is 9.84 Å². The smallest absolute Gasteiger partial charge is 0.211 e. The van der Waals surface area contributed by atoms with Crippen LogP contribution in [0.1, 0.15) is 19.8 Å². The fourth-order valence-electron chi connectivity index (χ4n) is 1.20. The molecule has 1 atom stereocenters. The van der Waals surface area contributed by atoms with E-state index in [1.807, 2.05) is 20.0 Å². The number of nitrogens with zero attached hydrogens (tertiary/aromatic N) is 2. The van der Waals surface area contributed by atoms with Gasteiger partial charge in [0.2, 0.25) is 5.88 Å². The summed E-state index contributed by atoms with van der Waals surface area (Å²) in [6.07, 6.45) is 3.67. The first-order chi connectivity index (χ1) is 6.74. The Morgan fingerprint density at radius 2 is 2.43 bits per heavy atom. The van der Waals surface area contributed by atoms with Gasteiger partial charge in [0.25, 0.3) is 0 Å². The summed E-state index contributed by atoms with van der Waals surface area (Å²) in [6, 6.07) is 1.84. The second-order valence-corrected chi connectivity index (χ2v) is 3.57. The van der Waals surface area contributed by atoms with Gasteiger partial charge in [0.15, 0.2) is 0 Å². The van der Waals surface area contributed by atoms with E-state index in [9.17, 15) is 0 Å². The molecule has 0 amide bonds. The maximum absolute atomic E-state index is 8.81. The molecule has 1 aromatic heterocycles. The van der Waals surface area contributed by atoms with Crippen molar-refractivity contribution in [3.8, 4) is 5.88 Å². The zero-order valence-electron chi connectivity index (χ0n) is 8.81. The minimum absolute atomic E-state index is 0.256. The fraction of sp³-hybridized carbons (Fsp3) is 0.700. The van der Waals surface area contributed by atoms with Crippen LogP contribution < -0.4 is 4.74 Å². The molecule has 1 unspecified atom stereocenters. The number of rotatable bonds is 6. The average Bonchev–Trinajstić information content (AvgIpc) is 2.58. The van der Waals surface area contributed by atoms with Gasteiger partial charge in [0.05, 0.1) is 12.8 Å². The van der Waals surface area contributed by atoms with Crippen LogP contribution in [0, 0.1) is 5.92 Å². The molecule has 0 saturated heterocycles. The summed E-state index contributed by atoms with van der Waals surface area (Å²) >= 11 is 0. The summed E-state index contributed by atoms with van der Waals surface area (Å²) < 4.78 is 7.19. The third-order valence-electron chi connectivity index (χ3n) is 2.18. The van der Waals surface area contributed by atoms with E-state index in [-0.39, 0.29) is 6.61 Å². The molecule has 0 aromatic carbocycles. The van der Waals surface area contributed by atoms with Crippen molar-refractivity contribution in [2.45, 2.75) is 19.8 Å². The van der Waals surface area contributed by atoms with E-state index in [1.165, 1.54) is 0 Å². The van der Waals surface area contributed by atoms with Crippen LogP contribution >= 0.6 is 0 Å². The highest BCUT2D eigenvalue weighted by Crippen LogP contribution is 2.09. The minimum atomic E-state index is 0.256. The van der Waals surface area contributed by atoms with Gasteiger partial charge in [-0.2, -0.15) is 5.10 Å². The Balaban J connectivity index is 2.13. The van der Waals surface area contributed by atoms with E-state index in [0.717, 1.165) is 18.7 Å². The third-order valence-corrected chi connectivity index (χ3v) is 2.18. The summed E-state index contributed by atoms with van der Waals surface area (Å²) in [5, 5.41) is 12.8. The first-order valence-electron chi connectivity index (χ1n) is 4.95. The lowest BCUT2D eigenvalue weighted by atomic mass is 10.1. The summed E-state index contributed by atoms with van der Waals surface area (Å²) in [5.74, 6) is 1.16. The standard InChI is InChI=1S/C10H18N2O2/c1-9(8-13)4-3-7-14-10-5-6-11-12(10)2/h5-6,9,13H,3-4,7-8H2,1-2H3. The van der Waals surface area contributed by atoms with E-state index in [0.29, 0.717) is 12.5 Å². The Morgan fingerprint density at radius 1 is 1.64 bits per heavy atom. The molecule has 0 fully saturated rings. The van der Waals surface area contributed by atoms with Crippen molar-refractivity contribution >= 4 is 0 Å². The van der Waals surface area contributed by atoms with Crippen LogP contribution in [0.4, 0.5) is 0 Å². The summed E-state index contributed by atoms with van der Waals surface area (Å²) in [7, 11) is 1.85. The highest BCUT2D eigenvalue weighted by molar-refractivity contribution is 5.06. The first-order valence-corrected chi connectivity index (χ1v) is 4.95. The number of hydrogen-bond acceptors (Lipinski definition) is 3. The Labute approximate surface area is 84.5 Å². The molecule has 4 heteroatoms. The van der Waals surface area contributed by atoms with Gasteiger partial charge in [0, 0.05) is 19.7 Å². The monoisotopic (exact) mass is 198 g/mol. The van der Waals surface area contributed by atoms with Crippen molar-refractivity contribution in [2.24, 2.45) is 13.0 Å². The Morgan fingerprint density at radius 3 is 3.00 bits per heavy atom. The predicted molar refractivity (Wildman–Crippen MR) is 54.2 cm³/mol. The van der Waals surface area contributed by atoms with Gasteiger partial charge >= 0.3 is 0 Å². The molecule has 14 heavy (non-hydrogen) atoms. The van der Waals surface area contributed by atoms with Crippen LogP contribution in [0.3, 0.4) is 0 Å². The molecule has 0 spiro atoms. The van der Waals surface area contributed by atoms with Crippen LogP contribution in [0.15, 0.2) is 12.3 Å². The second-order valence-electron chi connectivity index (χ2n) is 3.57. The number of aromatic nitrogens is 2. The largest absolute Gasteiger partial charge is 0.478 e. The highest BCUT2D eigenvalue weighted by Gasteiger charge is 2.01. The summed E-state index contributed by atoms with van der Waals surface area (Å²) in [6.45, 7) is 2.97. The third kappa shape index (κ3) is 3.38. The van der Waals surface area contributed by atoms with Crippen molar-refractivity contribution < 1.29 is 9.84 Å². The van der Waals surface area contributed by atoms with Gasteiger partial charge in [-0.3, -0.25) is 0 Å². The van der Waals surface area contributed by atoms with Crippen molar-refractivity contribution in [3.63, 3.8) is 0 Å². The first kappa shape index (κ1) is 11.0. The molecular weight excluding hydrogens is 180 g/mol. The molecule has 4 nitrogen and oxygen atoms in total. The van der Waals surface area contributed by atoms with Crippen LogP contribution in [0.2, 0.25) is 0 Å². The molecule has 0 bridgehead atoms. The van der Waals surface area contributed by atoms with Crippen molar-refractivity contribution in [1.82, 2.24) is 9.78 Å². The maximum Gasteiger partial charge on any atom is 0.211 e. The fourth-order valence-corrected chi connectivity index (χ4v) is 1.20. The Kier molecular flexibility index (Phi) is 4.46. The molecule has 1 heterocycles. The maximum atomic E-state index is 8.81. The predicted octanol–water partition coefficient (Wildman–Crippen LogP) is 1.21. The number of aliphatic hydroxyl groups excluding tert-OH is 1. The molecule has 0 aliphatic heterocycles. The normalized spacial score (nSPS) is 12.8. The lowest BCUT2D eigenvalue weighted by Crippen LogP contribution is -2.06. The van der Waals surface area contributed by atoms with Crippen molar-refractivity contribution in [3.05, 3.63) is 12.3 Å². The van der Waals surface area contributed by atoms with Crippen LogP contribution in [-0.2, 0) is 7.05 Å². The molecule has 0 radical (unpaired) electrons. The molecule has 0 aliphatic rings. The molecule has 80 valence electrons. The van der Waals surface area contributed by atoms with E-state index < -0.39 is 0 Å². The molecule has 1 rings (SSSR count). The molecular formula is C10H18N2O2. The second kappa shape index (κ2) is 5.65. The molecule has 1 aromatic rings. The topological polar surface area (TPSA) is 47.3 Å². The van der Waals surface area contributed by atoms with Crippen molar-refractivity contribution in [2.75, 3.05) is 13.2 Å². The minimum Gasteiger partial charge on any atom is -0.478 e. The number of aryl methyl sites for hydroxylation is 1. The summed E-state index contributed by atoms with van der Waals surface area (Å²) in [5.41, 5.74) is 0. The van der Waals surface area contributed by atoms with Gasteiger partial charge in [-0.15, -0.1) is 0 Å². The number of ether oxygens (including phenoxy) is 1.